The van der Waals surface area contributed by atoms with Crippen molar-refractivity contribution in [3.8, 4) is 0 Å². The van der Waals surface area contributed by atoms with Gasteiger partial charge in [-0.1, -0.05) is 6.07 Å². The molecule has 23 heavy (non-hydrogen) atoms. The number of anilines is 1. The summed E-state index contributed by atoms with van der Waals surface area (Å²) in [5.41, 5.74) is 0.270. The largest absolute Gasteiger partial charge is 0.478 e. The molecule has 0 saturated carbocycles. The summed E-state index contributed by atoms with van der Waals surface area (Å²) in [6, 6.07) is 5.67. The van der Waals surface area contributed by atoms with Gasteiger partial charge in [0, 0.05) is 18.9 Å². The number of carboxylic acids is 1. The van der Waals surface area contributed by atoms with E-state index in [1.54, 1.807) is 0 Å². The Kier molecular flexibility index (Phi) is 5.38. The fourth-order valence-electron chi connectivity index (χ4n) is 2.42. The van der Waals surface area contributed by atoms with Crippen LogP contribution in [-0.2, 0) is 19.4 Å². The summed E-state index contributed by atoms with van der Waals surface area (Å²) in [6.07, 6.45) is 0.767. The Morgan fingerprint density at radius 3 is 2.57 bits per heavy atom. The standard InChI is InChI=1S/C15H19NO6S/c1-10(23(20,21)13-5-7-22-8-6-13)14(17)16-12-4-2-3-11(9-12)15(18)19/h2-4,9-10,13H,5-8H2,1H3,(H,16,17)(H,18,19). The zero-order chi connectivity index (χ0) is 17.0. The van der Waals surface area contributed by atoms with Gasteiger partial charge in [0.2, 0.25) is 5.91 Å². The molecule has 8 heteroatoms. The van der Waals surface area contributed by atoms with Crippen molar-refractivity contribution in [1.82, 2.24) is 0 Å². The number of carboxylic acid groups (broad SMARTS) is 1. The van der Waals surface area contributed by atoms with Gasteiger partial charge in [-0.3, -0.25) is 4.79 Å². The zero-order valence-corrected chi connectivity index (χ0v) is 13.5. The minimum Gasteiger partial charge on any atom is -0.478 e. The summed E-state index contributed by atoms with van der Waals surface area (Å²) in [6.45, 7) is 2.10. The van der Waals surface area contributed by atoms with E-state index in [-0.39, 0.29) is 11.3 Å². The second-order valence-corrected chi connectivity index (χ2v) is 7.97. The monoisotopic (exact) mass is 341 g/mol. The van der Waals surface area contributed by atoms with E-state index in [4.69, 9.17) is 9.84 Å². The van der Waals surface area contributed by atoms with Gasteiger partial charge in [-0.15, -0.1) is 0 Å². The maximum Gasteiger partial charge on any atom is 0.335 e. The highest BCUT2D eigenvalue weighted by Gasteiger charge is 2.36. The highest BCUT2D eigenvalue weighted by molar-refractivity contribution is 7.93. The van der Waals surface area contributed by atoms with E-state index < -0.39 is 32.2 Å². The third-order valence-electron chi connectivity index (χ3n) is 3.87. The van der Waals surface area contributed by atoms with E-state index in [9.17, 15) is 18.0 Å². The molecule has 0 aromatic heterocycles. The van der Waals surface area contributed by atoms with Crippen LogP contribution in [0, 0.1) is 0 Å². The van der Waals surface area contributed by atoms with Gasteiger partial charge in [0.25, 0.3) is 0 Å². The van der Waals surface area contributed by atoms with Crippen molar-refractivity contribution in [2.45, 2.75) is 30.3 Å². The van der Waals surface area contributed by atoms with Gasteiger partial charge < -0.3 is 15.2 Å². The van der Waals surface area contributed by atoms with Crippen molar-refractivity contribution in [3.63, 3.8) is 0 Å². The molecule has 0 radical (unpaired) electrons. The average Bonchev–Trinajstić information content (AvgIpc) is 2.55. The van der Waals surface area contributed by atoms with Gasteiger partial charge in [-0.2, -0.15) is 0 Å². The predicted octanol–water partition coefficient (Wildman–Crippen LogP) is 1.31. The van der Waals surface area contributed by atoms with E-state index in [0.717, 1.165) is 0 Å². The molecule has 1 unspecified atom stereocenters. The first-order valence-corrected chi connectivity index (χ1v) is 8.88. The van der Waals surface area contributed by atoms with Crippen LogP contribution < -0.4 is 5.32 Å². The summed E-state index contributed by atoms with van der Waals surface area (Å²) in [5.74, 6) is -1.79. The van der Waals surface area contributed by atoms with Crippen LogP contribution >= 0.6 is 0 Å². The van der Waals surface area contributed by atoms with Crippen molar-refractivity contribution in [1.29, 1.82) is 0 Å². The fourth-order valence-corrected chi connectivity index (χ4v) is 4.20. The van der Waals surface area contributed by atoms with Gasteiger partial charge in [0.1, 0.15) is 5.25 Å². The van der Waals surface area contributed by atoms with Crippen LogP contribution in [-0.4, -0.2) is 49.1 Å². The van der Waals surface area contributed by atoms with E-state index in [0.29, 0.717) is 26.1 Å². The third-order valence-corrected chi connectivity index (χ3v) is 6.47. The maximum absolute atomic E-state index is 12.5. The Morgan fingerprint density at radius 2 is 1.96 bits per heavy atom. The number of amides is 1. The SMILES string of the molecule is CC(C(=O)Nc1cccc(C(=O)O)c1)S(=O)(=O)C1CCOCC1. The van der Waals surface area contributed by atoms with Crippen molar-refractivity contribution in [2.24, 2.45) is 0 Å². The lowest BCUT2D eigenvalue weighted by molar-refractivity contribution is -0.115. The van der Waals surface area contributed by atoms with Crippen molar-refractivity contribution >= 4 is 27.4 Å². The number of rotatable bonds is 5. The molecular weight excluding hydrogens is 322 g/mol. The normalized spacial score (nSPS) is 17.4. The Hall–Kier alpha value is -1.93. The third kappa shape index (κ3) is 4.08. The second kappa shape index (κ2) is 7.10. The Labute approximate surface area is 134 Å². The van der Waals surface area contributed by atoms with Crippen molar-refractivity contribution < 1.29 is 27.9 Å². The predicted molar refractivity (Wildman–Crippen MR) is 84.3 cm³/mol. The Bertz CT molecular complexity index is 694. The van der Waals surface area contributed by atoms with Crippen LogP contribution in [0.4, 0.5) is 5.69 Å². The smallest absolute Gasteiger partial charge is 0.335 e. The summed E-state index contributed by atoms with van der Waals surface area (Å²) in [4.78, 5) is 23.1. The highest BCUT2D eigenvalue weighted by atomic mass is 32.2. The number of nitrogens with one attached hydrogen (secondary N) is 1. The van der Waals surface area contributed by atoms with Crippen LogP contribution in [0.5, 0.6) is 0 Å². The minimum absolute atomic E-state index is 0.0164. The van der Waals surface area contributed by atoms with Gasteiger partial charge in [-0.05, 0) is 38.0 Å². The first-order valence-electron chi connectivity index (χ1n) is 7.27. The van der Waals surface area contributed by atoms with Gasteiger partial charge in [-0.25, -0.2) is 13.2 Å². The number of carbonyl (C=O) groups excluding carboxylic acids is 1. The second-order valence-electron chi connectivity index (χ2n) is 5.42. The molecule has 0 aliphatic carbocycles. The Balaban J connectivity index is 2.10. The molecule has 126 valence electrons. The first-order chi connectivity index (χ1) is 10.8. The Morgan fingerprint density at radius 1 is 1.30 bits per heavy atom. The molecule has 1 atom stereocenters. The van der Waals surface area contributed by atoms with Crippen LogP contribution in [0.25, 0.3) is 0 Å². The summed E-state index contributed by atoms with van der Waals surface area (Å²) >= 11 is 0. The molecule has 1 heterocycles. The lowest BCUT2D eigenvalue weighted by Crippen LogP contribution is -2.41. The topological polar surface area (TPSA) is 110 Å². The minimum atomic E-state index is -3.62. The molecule has 1 aliphatic heterocycles. The molecule has 1 amide bonds. The lowest BCUT2D eigenvalue weighted by Gasteiger charge is -2.25. The number of carbonyl (C=O) groups is 2. The number of sulfone groups is 1. The van der Waals surface area contributed by atoms with Gasteiger partial charge in [0.15, 0.2) is 9.84 Å². The molecule has 1 aromatic rings. The van der Waals surface area contributed by atoms with E-state index in [2.05, 4.69) is 5.32 Å². The lowest BCUT2D eigenvalue weighted by atomic mass is 10.2. The van der Waals surface area contributed by atoms with Crippen LogP contribution in [0.1, 0.15) is 30.1 Å². The highest BCUT2D eigenvalue weighted by Crippen LogP contribution is 2.21. The van der Waals surface area contributed by atoms with Crippen molar-refractivity contribution in [3.05, 3.63) is 29.8 Å². The van der Waals surface area contributed by atoms with Crippen molar-refractivity contribution in [2.75, 3.05) is 18.5 Å². The number of ether oxygens (including phenoxy) is 1. The summed E-state index contributed by atoms with van der Waals surface area (Å²) < 4.78 is 30.1. The maximum atomic E-state index is 12.5. The van der Waals surface area contributed by atoms with E-state index in [1.807, 2.05) is 0 Å². The molecule has 1 saturated heterocycles. The molecule has 0 spiro atoms. The zero-order valence-electron chi connectivity index (χ0n) is 12.7. The number of aromatic carboxylic acids is 1. The fraction of sp³-hybridized carbons (Fsp3) is 0.467. The average molecular weight is 341 g/mol. The molecule has 0 bridgehead atoms. The molecule has 1 aromatic carbocycles. The molecule has 7 nitrogen and oxygen atoms in total. The van der Waals surface area contributed by atoms with Crippen LogP contribution in [0.2, 0.25) is 0 Å². The molecule has 1 aliphatic rings. The quantitative estimate of drug-likeness (QED) is 0.835. The summed E-state index contributed by atoms with van der Waals surface area (Å²) in [5, 5.41) is 9.61. The number of hydrogen-bond acceptors (Lipinski definition) is 5. The van der Waals surface area contributed by atoms with Gasteiger partial charge >= 0.3 is 5.97 Å². The molecule has 2 N–H and O–H groups in total. The van der Waals surface area contributed by atoms with Crippen LogP contribution in [0.3, 0.4) is 0 Å². The first kappa shape index (κ1) is 17.4. The van der Waals surface area contributed by atoms with Gasteiger partial charge in [0.05, 0.1) is 10.8 Å². The number of hydrogen-bond donors (Lipinski definition) is 2. The van der Waals surface area contributed by atoms with E-state index in [1.165, 1.54) is 31.2 Å². The molecule has 2 rings (SSSR count). The number of benzene rings is 1. The van der Waals surface area contributed by atoms with E-state index >= 15 is 0 Å². The molecular formula is C15H19NO6S. The molecule has 1 fully saturated rings. The summed E-state index contributed by atoms with van der Waals surface area (Å²) in [7, 11) is -3.62. The van der Waals surface area contributed by atoms with Crippen LogP contribution in [0.15, 0.2) is 24.3 Å².